The third-order valence-corrected chi connectivity index (χ3v) is 3.69. The van der Waals surface area contributed by atoms with Crippen molar-refractivity contribution in [1.82, 2.24) is 14.7 Å². The number of rotatable bonds is 4. The van der Waals surface area contributed by atoms with E-state index in [-0.39, 0.29) is 6.04 Å². The van der Waals surface area contributed by atoms with Crippen LogP contribution in [0.15, 0.2) is 34.3 Å². The number of aromatic nitrogens is 2. The van der Waals surface area contributed by atoms with Crippen LogP contribution < -0.4 is 5.32 Å². The van der Waals surface area contributed by atoms with Gasteiger partial charge in [-0.25, -0.2) is 4.98 Å². The summed E-state index contributed by atoms with van der Waals surface area (Å²) in [4.78, 5) is 5.57. The zero-order chi connectivity index (χ0) is 12.5. The summed E-state index contributed by atoms with van der Waals surface area (Å²) in [5, 5.41) is 5.45. The van der Waals surface area contributed by atoms with Gasteiger partial charge in [0.25, 0.3) is 0 Å². The molecule has 1 atom stereocenters. The topological polar surface area (TPSA) is 42.5 Å². The van der Waals surface area contributed by atoms with Gasteiger partial charge in [0.05, 0.1) is 11.7 Å². The van der Waals surface area contributed by atoms with E-state index in [1.54, 1.807) is 11.3 Å². The Balaban J connectivity index is 1.65. The van der Waals surface area contributed by atoms with E-state index in [1.807, 2.05) is 35.0 Å². The molecule has 3 aromatic rings. The van der Waals surface area contributed by atoms with E-state index in [0.717, 1.165) is 28.7 Å². The molecule has 0 saturated carbocycles. The fourth-order valence-corrected chi connectivity index (χ4v) is 2.62. The first-order valence-electron chi connectivity index (χ1n) is 5.93. The SMILES string of the molecule is Cc1ccc(C(C)NCc2cn3ccsc3n2)o1. The van der Waals surface area contributed by atoms with Crippen LogP contribution in [0.5, 0.6) is 0 Å². The third kappa shape index (κ3) is 2.19. The molecule has 18 heavy (non-hydrogen) atoms. The second kappa shape index (κ2) is 4.59. The molecule has 1 N–H and O–H groups in total. The van der Waals surface area contributed by atoms with E-state index in [4.69, 9.17) is 4.42 Å². The number of thiazole rings is 1. The lowest BCUT2D eigenvalue weighted by molar-refractivity contribution is 0.415. The van der Waals surface area contributed by atoms with Gasteiger partial charge in [-0.1, -0.05) is 0 Å². The molecule has 0 aliphatic rings. The van der Waals surface area contributed by atoms with Crippen LogP contribution in [0.25, 0.3) is 4.96 Å². The van der Waals surface area contributed by atoms with Gasteiger partial charge in [0.1, 0.15) is 11.5 Å². The molecule has 0 spiro atoms. The molecule has 0 saturated heterocycles. The van der Waals surface area contributed by atoms with Crippen LogP contribution in [0.1, 0.15) is 30.2 Å². The van der Waals surface area contributed by atoms with Crippen molar-refractivity contribution in [3.05, 3.63) is 47.1 Å². The summed E-state index contributed by atoms with van der Waals surface area (Å²) in [6, 6.07) is 4.19. The minimum absolute atomic E-state index is 0.193. The predicted molar refractivity (Wildman–Crippen MR) is 71.8 cm³/mol. The highest BCUT2D eigenvalue weighted by atomic mass is 32.1. The van der Waals surface area contributed by atoms with Gasteiger partial charge in [-0.2, -0.15) is 0 Å². The summed E-state index contributed by atoms with van der Waals surface area (Å²) in [5.74, 6) is 1.91. The minimum atomic E-state index is 0.193. The van der Waals surface area contributed by atoms with Crippen molar-refractivity contribution in [2.24, 2.45) is 0 Å². The Kier molecular flexibility index (Phi) is 2.93. The van der Waals surface area contributed by atoms with Gasteiger partial charge in [-0.05, 0) is 26.0 Å². The first-order valence-corrected chi connectivity index (χ1v) is 6.81. The summed E-state index contributed by atoms with van der Waals surface area (Å²) in [5.41, 5.74) is 1.05. The van der Waals surface area contributed by atoms with Crippen molar-refractivity contribution in [3.8, 4) is 0 Å². The molecular weight excluding hydrogens is 246 g/mol. The molecule has 5 heteroatoms. The first-order chi connectivity index (χ1) is 8.72. The molecule has 0 bridgehead atoms. The van der Waals surface area contributed by atoms with Gasteiger partial charge >= 0.3 is 0 Å². The highest BCUT2D eigenvalue weighted by Crippen LogP contribution is 2.16. The lowest BCUT2D eigenvalue weighted by Crippen LogP contribution is -2.17. The highest BCUT2D eigenvalue weighted by Gasteiger charge is 2.10. The number of nitrogens with zero attached hydrogens (tertiary/aromatic N) is 2. The average molecular weight is 261 g/mol. The third-order valence-electron chi connectivity index (χ3n) is 2.92. The standard InChI is InChI=1S/C13H15N3OS/c1-9-3-4-12(17-9)10(2)14-7-11-8-16-5-6-18-13(16)15-11/h3-6,8,10,14H,7H2,1-2H3. The summed E-state index contributed by atoms with van der Waals surface area (Å²) >= 11 is 1.65. The predicted octanol–water partition coefficient (Wildman–Crippen LogP) is 3.15. The number of imidazole rings is 1. The Morgan fingerprint density at radius 2 is 2.39 bits per heavy atom. The summed E-state index contributed by atoms with van der Waals surface area (Å²) < 4.78 is 7.64. The van der Waals surface area contributed by atoms with Crippen LogP contribution in [-0.2, 0) is 6.54 Å². The maximum atomic E-state index is 5.59. The molecule has 3 heterocycles. The Hall–Kier alpha value is -1.59. The molecule has 3 aromatic heterocycles. The van der Waals surface area contributed by atoms with Crippen molar-refractivity contribution in [3.63, 3.8) is 0 Å². The Labute approximate surface area is 109 Å². The maximum Gasteiger partial charge on any atom is 0.193 e. The molecule has 94 valence electrons. The van der Waals surface area contributed by atoms with Crippen LogP contribution in [0.4, 0.5) is 0 Å². The first kappa shape index (κ1) is 11.5. The second-order valence-electron chi connectivity index (χ2n) is 4.38. The van der Waals surface area contributed by atoms with Crippen molar-refractivity contribution < 1.29 is 4.42 Å². The zero-order valence-corrected chi connectivity index (χ0v) is 11.2. The van der Waals surface area contributed by atoms with Crippen molar-refractivity contribution in [2.75, 3.05) is 0 Å². The number of fused-ring (bicyclic) bond motifs is 1. The molecule has 0 aliphatic carbocycles. The Morgan fingerprint density at radius 3 is 3.11 bits per heavy atom. The summed E-state index contributed by atoms with van der Waals surface area (Å²) in [6.45, 7) is 4.80. The Bertz CT molecular complexity index is 623. The molecule has 3 rings (SSSR count). The largest absolute Gasteiger partial charge is 0.465 e. The van der Waals surface area contributed by atoms with Gasteiger partial charge < -0.3 is 9.73 Å². The molecule has 0 aliphatic heterocycles. The van der Waals surface area contributed by atoms with Crippen LogP contribution in [0.2, 0.25) is 0 Å². The molecular formula is C13H15N3OS. The van der Waals surface area contributed by atoms with Gasteiger partial charge in [-0.15, -0.1) is 11.3 Å². The number of nitrogens with one attached hydrogen (secondary N) is 1. The van der Waals surface area contributed by atoms with Crippen LogP contribution in [-0.4, -0.2) is 9.38 Å². The van der Waals surface area contributed by atoms with Gasteiger partial charge in [0.15, 0.2) is 4.96 Å². The van der Waals surface area contributed by atoms with Crippen molar-refractivity contribution in [2.45, 2.75) is 26.4 Å². The van der Waals surface area contributed by atoms with Gasteiger partial charge in [-0.3, -0.25) is 4.40 Å². The minimum Gasteiger partial charge on any atom is -0.465 e. The smallest absolute Gasteiger partial charge is 0.193 e. The normalized spacial score (nSPS) is 13.2. The fourth-order valence-electron chi connectivity index (χ4n) is 1.91. The fraction of sp³-hybridized carbons (Fsp3) is 0.308. The summed E-state index contributed by atoms with van der Waals surface area (Å²) in [7, 11) is 0. The van der Waals surface area contributed by atoms with Crippen LogP contribution >= 0.6 is 11.3 Å². The summed E-state index contributed by atoms with van der Waals surface area (Å²) in [6.07, 6.45) is 4.08. The van der Waals surface area contributed by atoms with Crippen molar-refractivity contribution in [1.29, 1.82) is 0 Å². The number of furan rings is 1. The number of hydrogen-bond donors (Lipinski definition) is 1. The van der Waals surface area contributed by atoms with E-state index in [1.165, 1.54) is 0 Å². The molecule has 4 nitrogen and oxygen atoms in total. The van der Waals surface area contributed by atoms with E-state index in [0.29, 0.717) is 0 Å². The monoisotopic (exact) mass is 261 g/mol. The average Bonchev–Trinajstić information content (AvgIpc) is 3.00. The van der Waals surface area contributed by atoms with E-state index >= 15 is 0 Å². The van der Waals surface area contributed by atoms with Gasteiger partial charge in [0.2, 0.25) is 0 Å². The molecule has 0 fully saturated rings. The van der Waals surface area contributed by atoms with E-state index in [2.05, 4.69) is 23.4 Å². The molecule has 1 unspecified atom stereocenters. The molecule has 0 aromatic carbocycles. The van der Waals surface area contributed by atoms with Crippen LogP contribution in [0, 0.1) is 6.92 Å². The van der Waals surface area contributed by atoms with Gasteiger partial charge in [0, 0.05) is 24.3 Å². The molecule has 0 radical (unpaired) electrons. The van der Waals surface area contributed by atoms with E-state index in [9.17, 15) is 0 Å². The highest BCUT2D eigenvalue weighted by molar-refractivity contribution is 7.15. The number of hydrogen-bond acceptors (Lipinski definition) is 4. The Morgan fingerprint density at radius 1 is 1.50 bits per heavy atom. The quantitative estimate of drug-likeness (QED) is 0.784. The number of aryl methyl sites for hydroxylation is 1. The van der Waals surface area contributed by atoms with Crippen LogP contribution in [0.3, 0.4) is 0 Å². The molecule has 0 amide bonds. The zero-order valence-electron chi connectivity index (χ0n) is 10.4. The second-order valence-corrected chi connectivity index (χ2v) is 5.25. The lowest BCUT2D eigenvalue weighted by atomic mass is 10.2. The maximum absolute atomic E-state index is 5.59. The van der Waals surface area contributed by atoms with Crippen molar-refractivity contribution >= 4 is 16.3 Å². The van der Waals surface area contributed by atoms with E-state index < -0.39 is 0 Å². The lowest BCUT2D eigenvalue weighted by Gasteiger charge is -2.09.